The lowest BCUT2D eigenvalue weighted by Crippen LogP contribution is -2.35. The lowest BCUT2D eigenvalue weighted by molar-refractivity contribution is -0.148. The molecule has 0 saturated heterocycles. The molecule has 0 aromatic rings. The highest BCUT2D eigenvalue weighted by Crippen LogP contribution is 2.48. The quantitative estimate of drug-likeness (QED) is 0.548. The van der Waals surface area contributed by atoms with Gasteiger partial charge in [0.05, 0.1) is 0 Å². The van der Waals surface area contributed by atoms with Gasteiger partial charge in [-0.1, -0.05) is 32.8 Å². The van der Waals surface area contributed by atoms with Crippen LogP contribution < -0.4 is 0 Å². The number of carbonyl (C=O) groups is 1. The monoisotopic (exact) mass is 250 g/mol. The third-order valence-electron chi connectivity index (χ3n) is 4.80. The van der Waals surface area contributed by atoms with Crippen LogP contribution in [0.2, 0.25) is 0 Å². The lowest BCUT2D eigenvalue weighted by Gasteiger charge is -2.43. The Morgan fingerprint density at radius 2 is 1.89 bits per heavy atom. The molecule has 0 bridgehead atoms. The van der Waals surface area contributed by atoms with E-state index in [2.05, 4.69) is 6.58 Å². The largest absolute Gasteiger partial charge is 0.459 e. The standard InChI is InChI=1S/C16H26O2/c1-3-13(2)15(17)18-14-8-7-11-16(12-14)9-5-4-6-10-16/h14H,2-12H2,1H3. The Morgan fingerprint density at radius 1 is 1.22 bits per heavy atom. The molecule has 0 heterocycles. The van der Waals surface area contributed by atoms with Gasteiger partial charge in [-0.25, -0.2) is 4.79 Å². The highest BCUT2D eigenvalue weighted by atomic mass is 16.5. The Labute approximate surface area is 111 Å². The van der Waals surface area contributed by atoms with E-state index in [4.69, 9.17) is 4.74 Å². The molecule has 2 fully saturated rings. The summed E-state index contributed by atoms with van der Waals surface area (Å²) in [5, 5.41) is 0. The molecular weight excluding hydrogens is 224 g/mol. The summed E-state index contributed by atoms with van der Waals surface area (Å²) < 4.78 is 5.63. The van der Waals surface area contributed by atoms with Gasteiger partial charge in [-0.15, -0.1) is 0 Å². The van der Waals surface area contributed by atoms with E-state index in [0.29, 0.717) is 17.4 Å². The maximum Gasteiger partial charge on any atom is 0.333 e. The van der Waals surface area contributed by atoms with Crippen LogP contribution in [-0.4, -0.2) is 12.1 Å². The molecule has 2 saturated carbocycles. The summed E-state index contributed by atoms with van der Waals surface area (Å²) >= 11 is 0. The number of rotatable bonds is 3. The fraction of sp³-hybridized carbons (Fsp3) is 0.812. The first-order valence-electron chi connectivity index (χ1n) is 7.54. The zero-order valence-electron chi connectivity index (χ0n) is 11.7. The smallest absolute Gasteiger partial charge is 0.333 e. The predicted molar refractivity (Wildman–Crippen MR) is 73.3 cm³/mol. The lowest BCUT2D eigenvalue weighted by atomic mass is 9.65. The molecule has 1 unspecified atom stereocenters. The SMILES string of the molecule is C=C(CC)C(=O)OC1CCCC2(CCCCC2)C1. The van der Waals surface area contributed by atoms with Crippen molar-refractivity contribution in [3.8, 4) is 0 Å². The Balaban J connectivity index is 1.90. The van der Waals surface area contributed by atoms with E-state index < -0.39 is 0 Å². The second-order valence-electron chi connectivity index (χ2n) is 6.14. The van der Waals surface area contributed by atoms with Gasteiger partial charge in [0.1, 0.15) is 6.10 Å². The first kappa shape index (κ1) is 13.6. The number of esters is 1. The van der Waals surface area contributed by atoms with Crippen LogP contribution in [-0.2, 0) is 9.53 Å². The minimum Gasteiger partial charge on any atom is -0.459 e. The van der Waals surface area contributed by atoms with Crippen molar-refractivity contribution in [2.24, 2.45) is 5.41 Å². The summed E-state index contributed by atoms with van der Waals surface area (Å²) in [7, 11) is 0. The van der Waals surface area contributed by atoms with Crippen LogP contribution in [0.3, 0.4) is 0 Å². The van der Waals surface area contributed by atoms with Crippen molar-refractivity contribution in [2.45, 2.75) is 77.2 Å². The maximum atomic E-state index is 11.8. The zero-order valence-corrected chi connectivity index (χ0v) is 11.7. The molecule has 0 aromatic carbocycles. The van der Waals surface area contributed by atoms with Gasteiger partial charge in [-0.2, -0.15) is 0 Å². The number of hydrogen-bond donors (Lipinski definition) is 0. The minimum absolute atomic E-state index is 0.146. The Kier molecular flexibility index (Phi) is 4.47. The average Bonchev–Trinajstić information content (AvgIpc) is 2.38. The van der Waals surface area contributed by atoms with Crippen molar-refractivity contribution in [3.05, 3.63) is 12.2 Å². The summed E-state index contributed by atoms with van der Waals surface area (Å²) in [6, 6.07) is 0. The summed E-state index contributed by atoms with van der Waals surface area (Å²) in [6.45, 7) is 5.72. The maximum absolute atomic E-state index is 11.8. The van der Waals surface area contributed by atoms with Crippen molar-refractivity contribution in [1.29, 1.82) is 0 Å². The van der Waals surface area contributed by atoms with Crippen LogP contribution in [0, 0.1) is 5.41 Å². The molecular formula is C16H26O2. The van der Waals surface area contributed by atoms with Crippen LogP contribution in [0.15, 0.2) is 12.2 Å². The van der Waals surface area contributed by atoms with E-state index in [9.17, 15) is 4.79 Å². The van der Waals surface area contributed by atoms with Gasteiger partial charge in [0, 0.05) is 5.57 Å². The van der Waals surface area contributed by atoms with Gasteiger partial charge >= 0.3 is 5.97 Å². The summed E-state index contributed by atoms with van der Waals surface area (Å²) in [5.74, 6) is -0.171. The third kappa shape index (κ3) is 3.15. The molecule has 0 N–H and O–H groups in total. The van der Waals surface area contributed by atoms with E-state index in [1.807, 2.05) is 6.92 Å². The molecule has 2 aliphatic rings. The van der Waals surface area contributed by atoms with Crippen molar-refractivity contribution in [2.75, 3.05) is 0 Å². The summed E-state index contributed by atoms with van der Waals surface area (Å²) in [5.41, 5.74) is 1.10. The van der Waals surface area contributed by atoms with Crippen molar-refractivity contribution < 1.29 is 9.53 Å². The first-order valence-corrected chi connectivity index (χ1v) is 7.54. The molecule has 0 amide bonds. The van der Waals surface area contributed by atoms with E-state index in [-0.39, 0.29) is 12.1 Å². The second-order valence-corrected chi connectivity index (χ2v) is 6.14. The molecule has 2 aliphatic carbocycles. The van der Waals surface area contributed by atoms with Gasteiger partial charge in [0.15, 0.2) is 0 Å². The Bertz CT molecular complexity index is 308. The molecule has 0 aromatic heterocycles. The fourth-order valence-corrected chi connectivity index (χ4v) is 3.63. The Hall–Kier alpha value is -0.790. The van der Waals surface area contributed by atoms with E-state index >= 15 is 0 Å². The van der Waals surface area contributed by atoms with Gasteiger partial charge in [0.25, 0.3) is 0 Å². The van der Waals surface area contributed by atoms with Gasteiger partial charge in [0.2, 0.25) is 0 Å². The molecule has 18 heavy (non-hydrogen) atoms. The number of carbonyl (C=O) groups excluding carboxylic acids is 1. The van der Waals surface area contributed by atoms with Gasteiger partial charge < -0.3 is 4.74 Å². The second kappa shape index (κ2) is 5.90. The molecule has 1 spiro atoms. The van der Waals surface area contributed by atoms with Crippen LogP contribution in [0.5, 0.6) is 0 Å². The van der Waals surface area contributed by atoms with Crippen molar-refractivity contribution in [3.63, 3.8) is 0 Å². The van der Waals surface area contributed by atoms with Crippen LogP contribution in [0.4, 0.5) is 0 Å². The van der Waals surface area contributed by atoms with E-state index in [0.717, 1.165) is 12.8 Å². The van der Waals surface area contributed by atoms with E-state index in [1.54, 1.807) is 0 Å². The Morgan fingerprint density at radius 3 is 2.56 bits per heavy atom. The molecule has 2 rings (SSSR count). The molecule has 102 valence electrons. The highest BCUT2D eigenvalue weighted by molar-refractivity contribution is 5.87. The van der Waals surface area contributed by atoms with E-state index in [1.165, 1.54) is 44.9 Å². The third-order valence-corrected chi connectivity index (χ3v) is 4.80. The summed E-state index contributed by atoms with van der Waals surface area (Å²) in [4.78, 5) is 11.8. The topological polar surface area (TPSA) is 26.3 Å². The zero-order chi connectivity index (χ0) is 13.0. The molecule has 0 radical (unpaired) electrons. The van der Waals surface area contributed by atoms with Crippen LogP contribution >= 0.6 is 0 Å². The van der Waals surface area contributed by atoms with Crippen LogP contribution in [0.25, 0.3) is 0 Å². The van der Waals surface area contributed by atoms with Gasteiger partial charge in [-0.3, -0.25) is 0 Å². The molecule has 2 nitrogen and oxygen atoms in total. The van der Waals surface area contributed by atoms with Crippen molar-refractivity contribution in [1.82, 2.24) is 0 Å². The minimum atomic E-state index is -0.171. The summed E-state index contributed by atoms with van der Waals surface area (Å²) in [6.07, 6.45) is 12.3. The average molecular weight is 250 g/mol. The fourth-order valence-electron chi connectivity index (χ4n) is 3.63. The first-order chi connectivity index (χ1) is 8.65. The highest BCUT2D eigenvalue weighted by Gasteiger charge is 2.38. The van der Waals surface area contributed by atoms with Gasteiger partial charge in [-0.05, 0) is 50.4 Å². The normalized spacial score (nSPS) is 26.8. The molecule has 0 aliphatic heterocycles. The van der Waals surface area contributed by atoms with Crippen molar-refractivity contribution >= 4 is 5.97 Å². The number of ether oxygens (including phenoxy) is 1. The van der Waals surface area contributed by atoms with Crippen LogP contribution in [0.1, 0.15) is 71.1 Å². The molecule has 2 heteroatoms. The molecule has 1 atom stereocenters. The number of hydrogen-bond acceptors (Lipinski definition) is 2. The predicted octanol–water partition coefficient (Wildman–Crippen LogP) is 4.39.